The van der Waals surface area contributed by atoms with Gasteiger partial charge in [-0.05, 0) is 42.9 Å². The van der Waals surface area contributed by atoms with Gasteiger partial charge in [0, 0.05) is 50.7 Å². The molecule has 4 heteroatoms. The van der Waals surface area contributed by atoms with Crippen LogP contribution in [0, 0.1) is 26.2 Å². The largest absolute Gasteiger partial charge is 0.379 e. The molecule has 0 bridgehead atoms. The van der Waals surface area contributed by atoms with Gasteiger partial charge in [-0.25, -0.2) is 0 Å². The van der Waals surface area contributed by atoms with Gasteiger partial charge in [0.05, 0.1) is 13.2 Å². The van der Waals surface area contributed by atoms with Crippen LogP contribution in [0.15, 0.2) is 48.5 Å². The number of likely N-dealkylation sites (tertiary alicyclic amines) is 1. The van der Waals surface area contributed by atoms with Crippen LogP contribution in [0.2, 0.25) is 0 Å². The molecule has 2 heterocycles. The van der Waals surface area contributed by atoms with Crippen molar-refractivity contribution in [2.24, 2.45) is 5.92 Å². The van der Waals surface area contributed by atoms with Gasteiger partial charge in [-0.1, -0.05) is 48.5 Å². The van der Waals surface area contributed by atoms with Crippen LogP contribution in [0.1, 0.15) is 33.0 Å². The second-order valence-electron chi connectivity index (χ2n) is 8.60. The number of benzene rings is 2. The Morgan fingerprint density at radius 2 is 1.70 bits per heavy atom. The Hall–Kier alpha value is -2.01. The Kier molecular flexibility index (Phi) is 6.98. The minimum absolute atomic E-state index is 0.0497. The maximum absolute atomic E-state index is 13.6. The van der Waals surface area contributed by atoms with Gasteiger partial charge in [0.2, 0.25) is 0 Å². The number of carbonyl (C=O) groups excluding carboxylic acids is 1. The lowest BCUT2D eigenvalue weighted by molar-refractivity contribution is 0.0316. The molecule has 159 valence electrons. The molecule has 0 aliphatic carbocycles. The molecule has 4 nitrogen and oxygen atoms in total. The van der Waals surface area contributed by atoms with Gasteiger partial charge in [-0.15, -0.1) is 0 Å². The van der Waals surface area contributed by atoms with E-state index in [9.17, 15) is 4.79 Å². The SMILES string of the molecule is Cc1cccc([C@H]2[CH]CN(CCN3CCOCC3)C[C@@H]2C(=O)c2ccccc2)c1C. The quantitative estimate of drug-likeness (QED) is 0.686. The third kappa shape index (κ3) is 4.83. The van der Waals surface area contributed by atoms with Gasteiger partial charge >= 0.3 is 0 Å². The number of hydrogen-bond donors (Lipinski definition) is 0. The van der Waals surface area contributed by atoms with Gasteiger partial charge in [-0.2, -0.15) is 0 Å². The number of rotatable bonds is 6. The van der Waals surface area contributed by atoms with Crippen LogP contribution < -0.4 is 0 Å². The fourth-order valence-corrected chi connectivity index (χ4v) is 4.72. The molecule has 0 saturated carbocycles. The zero-order valence-corrected chi connectivity index (χ0v) is 18.2. The van der Waals surface area contributed by atoms with E-state index in [4.69, 9.17) is 4.74 Å². The van der Waals surface area contributed by atoms with E-state index in [1.807, 2.05) is 30.3 Å². The number of piperidine rings is 1. The minimum Gasteiger partial charge on any atom is -0.379 e. The summed E-state index contributed by atoms with van der Waals surface area (Å²) >= 11 is 0. The molecule has 0 spiro atoms. The summed E-state index contributed by atoms with van der Waals surface area (Å²) in [6.45, 7) is 11.8. The molecule has 2 aliphatic heterocycles. The molecule has 2 aliphatic rings. The van der Waals surface area contributed by atoms with Gasteiger partial charge in [0.15, 0.2) is 5.78 Å². The molecule has 2 atom stereocenters. The van der Waals surface area contributed by atoms with Crippen LogP contribution in [0.25, 0.3) is 0 Å². The van der Waals surface area contributed by atoms with E-state index in [0.717, 1.165) is 58.0 Å². The van der Waals surface area contributed by atoms with Crippen molar-refractivity contribution in [3.63, 3.8) is 0 Å². The van der Waals surface area contributed by atoms with Crippen LogP contribution in [-0.2, 0) is 4.74 Å². The van der Waals surface area contributed by atoms with Gasteiger partial charge < -0.3 is 9.64 Å². The lowest BCUT2D eigenvalue weighted by atomic mass is 9.75. The standard InChI is InChI=1S/C26H33N2O2/c1-20-7-6-10-23(21(20)2)24-11-12-28(14-13-27-15-17-30-18-16-27)19-25(24)26(29)22-8-4-3-5-9-22/h3-11,24-25H,12-19H2,1-2H3/t24-,25+/m1/s1. The van der Waals surface area contributed by atoms with Crippen molar-refractivity contribution in [3.8, 4) is 0 Å². The lowest BCUT2D eigenvalue weighted by Crippen LogP contribution is -2.47. The first-order chi connectivity index (χ1) is 14.6. The maximum Gasteiger partial charge on any atom is 0.167 e. The average Bonchev–Trinajstić information content (AvgIpc) is 2.80. The van der Waals surface area contributed by atoms with Crippen molar-refractivity contribution in [2.75, 3.05) is 52.5 Å². The number of carbonyl (C=O) groups is 1. The van der Waals surface area contributed by atoms with Gasteiger partial charge in [0.1, 0.15) is 0 Å². The molecule has 2 aromatic carbocycles. The Morgan fingerprint density at radius 3 is 2.47 bits per heavy atom. The first kappa shape index (κ1) is 21.2. The molecule has 0 unspecified atom stereocenters. The first-order valence-electron chi connectivity index (χ1n) is 11.1. The highest BCUT2D eigenvalue weighted by Crippen LogP contribution is 2.36. The van der Waals surface area contributed by atoms with E-state index in [1.165, 1.54) is 16.7 Å². The van der Waals surface area contributed by atoms with Gasteiger partial charge in [-0.3, -0.25) is 9.69 Å². The topological polar surface area (TPSA) is 32.8 Å². The fraction of sp³-hybridized carbons (Fsp3) is 0.462. The van der Waals surface area contributed by atoms with E-state index in [0.29, 0.717) is 0 Å². The van der Waals surface area contributed by atoms with Crippen LogP contribution >= 0.6 is 0 Å². The normalized spacial score (nSPS) is 23.4. The lowest BCUT2D eigenvalue weighted by Gasteiger charge is -2.39. The number of morpholine rings is 1. The summed E-state index contributed by atoms with van der Waals surface area (Å²) < 4.78 is 5.47. The summed E-state index contributed by atoms with van der Waals surface area (Å²) in [6.07, 6.45) is 2.37. The summed E-state index contributed by atoms with van der Waals surface area (Å²) in [5.41, 5.74) is 4.73. The molecule has 0 aromatic heterocycles. The van der Waals surface area contributed by atoms with Crippen LogP contribution in [0.4, 0.5) is 0 Å². The van der Waals surface area contributed by atoms with E-state index < -0.39 is 0 Å². The van der Waals surface area contributed by atoms with Crippen molar-refractivity contribution in [3.05, 3.63) is 77.2 Å². The molecule has 4 rings (SSSR count). The number of nitrogens with zero attached hydrogens (tertiary/aromatic N) is 2. The second kappa shape index (κ2) is 9.86. The molecule has 1 radical (unpaired) electrons. The third-order valence-corrected chi connectivity index (χ3v) is 6.74. The Morgan fingerprint density at radius 1 is 0.967 bits per heavy atom. The Balaban J connectivity index is 1.53. The van der Waals surface area contributed by atoms with E-state index in [1.54, 1.807) is 0 Å². The summed E-state index contributed by atoms with van der Waals surface area (Å²) in [7, 11) is 0. The highest BCUT2D eigenvalue weighted by Gasteiger charge is 2.36. The Labute approximate surface area is 180 Å². The molecule has 2 aromatic rings. The zero-order chi connectivity index (χ0) is 20.9. The molecule has 0 N–H and O–H groups in total. The van der Waals surface area contributed by atoms with Crippen LogP contribution in [-0.4, -0.2) is 68.1 Å². The molecule has 0 amide bonds. The molecular formula is C26H33N2O2. The predicted molar refractivity (Wildman–Crippen MR) is 121 cm³/mol. The van der Waals surface area contributed by atoms with E-state index in [2.05, 4.69) is 48.3 Å². The van der Waals surface area contributed by atoms with Crippen molar-refractivity contribution < 1.29 is 9.53 Å². The maximum atomic E-state index is 13.6. The van der Waals surface area contributed by atoms with Gasteiger partial charge in [0.25, 0.3) is 0 Å². The first-order valence-corrected chi connectivity index (χ1v) is 11.1. The number of aryl methyl sites for hydroxylation is 1. The predicted octanol–water partition coefficient (Wildman–Crippen LogP) is 3.74. The number of hydrogen-bond acceptors (Lipinski definition) is 4. The zero-order valence-electron chi connectivity index (χ0n) is 18.2. The molecule has 30 heavy (non-hydrogen) atoms. The summed E-state index contributed by atoms with van der Waals surface area (Å²) in [6, 6.07) is 16.3. The Bertz CT molecular complexity index is 845. The second-order valence-corrected chi connectivity index (χ2v) is 8.60. The highest BCUT2D eigenvalue weighted by atomic mass is 16.5. The van der Waals surface area contributed by atoms with Crippen molar-refractivity contribution in [1.29, 1.82) is 0 Å². The van der Waals surface area contributed by atoms with E-state index in [-0.39, 0.29) is 17.6 Å². The monoisotopic (exact) mass is 405 g/mol. The summed E-state index contributed by atoms with van der Waals surface area (Å²) in [4.78, 5) is 18.5. The molecule has 2 fully saturated rings. The molecule has 2 saturated heterocycles. The third-order valence-electron chi connectivity index (χ3n) is 6.74. The summed E-state index contributed by atoms with van der Waals surface area (Å²) in [5, 5.41) is 0. The fourth-order valence-electron chi connectivity index (χ4n) is 4.72. The average molecular weight is 406 g/mol. The molecular weight excluding hydrogens is 372 g/mol. The van der Waals surface area contributed by atoms with Crippen molar-refractivity contribution in [2.45, 2.75) is 19.8 Å². The number of ketones is 1. The number of ether oxygens (including phenoxy) is 1. The van der Waals surface area contributed by atoms with Crippen LogP contribution in [0.3, 0.4) is 0 Å². The van der Waals surface area contributed by atoms with Crippen LogP contribution in [0.5, 0.6) is 0 Å². The van der Waals surface area contributed by atoms with Crippen molar-refractivity contribution in [1.82, 2.24) is 9.80 Å². The smallest absolute Gasteiger partial charge is 0.167 e. The number of Topliss-reactive ketones (excluding diaryl/α,β-unsaturated/α-hetero) is 1. The highest BCUT2D eigenvalue weighted by molar-refractivity contribution is 5.98. The minimum atomic E-state index is -0.0497. The summed E-state index contributed by atoms with van der Waals surface area (Å²) in [5.74, 6) is 0.373. The van der Waals surface area contributed by atoms with E-state index >= 15 is 0 Å². The van der Waals surface area contributed by atoms with Crippen molar-refractivity contribution >= 4 is 5.78 Å².